The van der Waals surface area contributed by atoms with Crippen LogP contribution in [0.5, 0.6) is 0 Å². The van der Waals surface area contributed by atoms with E-state index in [1.807, 2.05) is 0 Å². The van der Waals surface area contributed by atoms with Crippen LogP contribution >= 0.6 is 17.0 Å². The zero-order valence-electron chi connectivity index (χ0n) is 23.0. The Balaban J connectivity index is 1.57. The normalized spacial score (nSPS) is 16.8. The van der Waals surface area contributed by atoms with E-state index in [0.717, 1.165) is 0 Å². The zero-order valence-corrected chi connectivity index (χ0v) is 28.4. The van der Waals surface area contributed by atoms with Crippen molar-refractivity contribution in [1.82, 2.24) is 0 Å². The molecule has 2 aliphatic rings. The van der Waals surface area contributed by atoms with Gasteiger partial charge in [-0.25, -0.2) is 0 Å². The Kier molecular flexibility index (Phi) is 6.59. The van der Waals surface area contributed by atoms with Gasteiger partial charge in [0, 0.05) is 0 Å². The van der Waals surface area contributed by atoms with Gasteiger partial charge < -0.3 is 0 Å². The predicted octanol–water partition coefficient (Wildman–Crippen LogP) is 7.65. The maximum atomic E-state index is 7.87. The quantitative estimate of drug-likeness (QED) is 0.179. The van der Waals surface area contributed by atoms with Gasteiger partial charge in [-0.3, -0.25) is 0 Å². The number of allylic oxidation sites excluding steroid dienone is 1. The Bertz CT molecular complexity index is 1620. The molecule has 0 nitrogen and oxygen atoms in total. The van der Waals surface area contributed by atoms with Crippen molar-refractivity contribution in [3.8, 4) is 22.3 Å². The van der Waals surface area contributed by atoms with Crippen molar-refractivity contribution in [3.05, 3.63) is 106 Å². The Hall–Kier alpha value is -1.70. The monoisotopic (exact) mass is 630 g/mol. The Morgan fingerprint density at radius 2 is 1.47 bits per heavy atom. The molecule has 4 heteroatoms. The van der Waals surface area contributed by atoms with E-state index in [4.69, 9.17) is 17.0 Å². The molecule has 4 aromatic rings. The van der Waals surface area contributed by atoms with Crippen molar-refractivity contribution in [2.45, 2.75) is 45.2 Å². The Labute approximate surface area is 241 Å². The first-order valence-corrected chi connectivity index (χ1v) is 23.9. The van der Waals surface area contributed by atoms with Crippen LogP contribution in [0.25, 0.3) is 28.3 Å². The van der Waals surface area contributed by atoms with Crippen molar-refractivity contribution in [2.75, 3.05) is 0 Å². The summed E-state index contributed by atoms with van der Waals surface area (Å²) in [4.78, 5) is 0. The van der Waals surface area contributed by atoms with Crippen LogP contribution in [0.3, 0.4) is 0 Å². The van der Waals surface area contributed by atoms with Crippen LogP contribution in [0.4, 0.5) is 0 Å². The fraction of sp³-hybridized carbons (Fsp3) is 0.235. The summed E-state index contributed by atoms with van der Waals surface area (Å²) in [6.07, 6.45) is 2.45. The molecule has 192 valence electrons. The summed E-state index contributed by atoms with van der Waals surface area (Å²) in [6.45, 7) is 13.6. The van der Waals surface area contributed by atoms with Crippen LogP contribution in [-0.2, 0) is 17.9 Å². The number of halogens is 2. The van der Waals surface area contributed by atoms with E-state index in [1.165, 1.54) is 69.3 Å². The third-order valence-electron chi connectivity index (χ3n) is 8.36. The summed E-state index contributed by atoms with van der Waals surface area (Å²) in [5.41, 5.74) is 13.2. The van der Waals surface area contributed by atoms with Crippen molar-refractivity contribution in [2.24, 2.45) is 5.41 Å². The molecule has 0 N–H and O–H groups in total. The second-order valence-electron chi connectivity index (χ2n) is 12.2. The van der Waals surface area contributed by atoms with Crippen LogP contribution in [-0.4, -0.2) is 9.52 Å². The van der Waals surface area contributed by atoms with E-state index in [2.05, 4.69) is 120 Å². The van der Waals surface area contributed by atoms with Gasteiger partial charge in [0.25, 0.3) is 0 Å². The van der Waals surface area contributed by atoms with Crippen LogP contribution in [0.15, 0.2) is 78.4 Å². The molecule has 0 spiro atoms. The molecule has 1 heterocycles. The van der Waals surface area contributed by atoms with Crippen LogP contribution < -0.4 is 13.6 Å². The molecular formula is C34H34Cl2SiZr. The number of benzene rings is 4. The summed E-state index contributed by atoms with van der Waals surface area (Å²) in [6, 6.07) is 27.1. The van der Waals surface area contributed by atoms with Crippen molar-refractivity contribution >= 4 is 46.3 Å². The Morgan fingerprint density at radius 3 is 2.18 bits per heavy atom. The standard InChI is InChI=1S/C22H25.C12H9Si.2ClH.Zr/c1-14-9-15(2)11-18(10-14)21-16(3)7-8-17-12-19(13-20(17)21)22(4,5)6;1-3-7-11-9(5-1)10-6-2-4-8-12(10)13-11;;;/h7-13H,1-6H3;1-7H,13H2;2*1H;/q;;;;+2/p-2. The predicted molar refractivity (Wildman–Crippen MR) is 167 cm³/mol. The van der Waals surface area contributed by atoms with E-state index in [1.54, 1.807) is 0 Å². The van der Waals surface area contributed by atoms with Gasteiger partial charge in [-0.2, -0.15) is 0 Å². The topological polar surface area (TPSA) is 0 Å². The average Bonchev–Trinajstić information content (AvgIpc) is 3.42. The van der Waals surface area contributed by atoms with E-state index in [-0.39, 0.29) is 9.04 Å². The molecule has 38 heavy (non-hydrogen) atoms. The molecule has 0 aromatic heterocycles. The average molecular weight is 633 g/mol. The van der Waals surface area contributed by atoms with Gasteiger partial charge >= 0.3 is 243 Å². The van der Waals surface area contributed by atoms with Gasteiger partial charge in [-0.1, -0.05) is 0 Å². The molecule has 1 aliphatic carbocycles. The van der Waals surface area contributed by atoms with Crippen molar-refractivity contribution in [3.63, 3.8) is 0 Å². The van der Waals surface area contributed by atoms with Gasteiger partial charge in [0.05, 0.1) is 0 Å². The second kappa shape index (κ2) is 9.45. The first kappa shape index (κ1) is 26.5. The van der Waals surface area contributed by atoms with Gasteiger partial charge in [-0.05, 0) is 0 Å². The van der Waals surface area contributed by atoms with E-state index < -0.39 is 27.4 Å². The summed E-state index contributed by atoms with van der Waals surface area (Å²) in [5, 5.41) is 2.99. The minimum atomic E-state index is -4.01. The summed E-state index contributed by atoms with van der Waals surface area (Å²) in [7, 11) is 15.1. The third kappa shape index (κ3) is 4.28. The number of aryl methyl sites for hydroxylation is 3. The molecule has 6 rings (SSSR count). The van der Waals surface area contributed by atoms with E-state index in [0.29, 0.717) is 0 Å². The molecule has 0 saturated carbocycles. The molecule has 0 bridgehead atoms. The first-order valence-electron chi connectivity index (χ1n) is 13.5. The molecule has 0 fully saturated rings. The van der Waals surface area contributed by atoms with Crippen molar-refractivity contribution < 1.29 is 17.9 Å². The van der Waals surface area contributed by atoms with Gasteiger partial charge in [0.15, 0.2) is 0 Å². The number of hydrogen-bond donors (Lipinski definition) is 0. The molecule has 1 atom stereocenters. The molecule has 0 radical (unpaired) electrons. The van der Waals surface area contributed by atoms with Crippen molar-refractivity contribution in [1.29, 1.82) is 0 Å². The molecule has 0 saturated heterocycles. The van der Waals surface area contributed by atoms with Gasteiger partial charge in [-0.15, -0.1) is 0 Å². The SMILES string of the molecule is Cc1cc(C)cc(-c2c(C)ccc3c2C=C(C(C)(C)C)[CH]3[Zr]([Cl])([Cl])[c]2cccc3c2[SiH2]c2ccccc2-3)c1. The molecule has 1 unspecified atom stereocenters. The summed E-state index contributed by atoms with van der Waals surface area (Å²) in [5.74, 6) is 0. The number of fused-ring (bicyclic) bond motifs is 4. The van der Waals surface area contributed by atoms with Gasteiger partial charge in [0.1, 0.15) is 0 Å². The van der Waals surface area contributed by atoms with Crippen LogP contribution in [0, 0.1) is 26.2 Å². The first-order chi connectivity index (χ1) is 18.0. The van der Waals surface area contributed by atoms with E-state index >= 15 is 0 Å². The molecule has 0 amide bonds. The van der Waals surface area contributed by atoms with Gasteiger partial charge in [0.2, 0.25) is 0 Å². The molecular weight excluding hydrogens is 599 g/mol. The maximum absolute atomic E-state index is 7.87. The second-order valence-corrected chi connectivity index (χ2v) is 28.0. The van der Waals surface area contributed by atoms with Crippen LogP contribution in [0.1, 0.15) is 52.2 Å². The fourth-order valence-electron chi connectivity index (χ4n) is 6.73. The third-order valence-corrected chi connectivity index (χ3v) is 22.6. The summed E-state index contributed by atoms with van der Waals surface area (Å²) < 4.78 is 1.38. The fourth-order valence-corrected chi connectivity index (χ4v) is 23.8. The molecule has 4 aromatic carbocycles. The van der Waals surface area contributed by atoms with Crippen LogP contribution in [0.2, 0.25) is 0 Å². The van der Waals surface area contributed by atoms with E-state index in [9.17, 15) is 0 Å². The summed E-state index contributed by atoms with van der Waals surface area (Å²) >= 11 is -4.01. The number of rotatable bonds is 3. The Morgan fingerprint density at radius 1 is 0.789 bits per heavy atom. The minimum absolute atomic E-state index is 0.0400. The zero-order chi connectivity index (χ0) is 27.0. The number of hydrogen-bond acceptors (Lipinski definition) is 0. The molecule has 1 aliphatic heterocycles.